The lowest BCUT2D eigenvalue weighted by Crippen LogP contribution is -2.45. The molecule has 0 radical (unpaired) electrons. The number of fused-ring (bicyclic) bond motifs is 1. The summed E-state index contributed by atoms with van der Waals surface area (Å²) in [4.78, 5) is 13.5. The molecule has 1 aromatic carbocycles. The Hall–Kier alpha value is -2.21. The molecule has 110 valence electrons. The molecule has 0 amide bonds. The first-order valence-electron chi connectivity index (χ1n) is 6.94. The fraction of sp³-hybridized carbons (Fsp3) is 0.400. The average molecular weight is 286 g/mol. The molecule has 3 rings (SSSR count). The first-order valence-corrected chi connectivity index (χ1v) is 6.94. The Balaban J connectivity index is 1.89. The van der Waals surface area contributed by atoms with Crippen LogP contribution in [0.4, 0.5) is 0 Å². The molecule has 2 heterocycles. The van der Waals surface area contributed by atoms with Gasteiger partial charge in [-0.25, -0.2) is 0 Å². The Kier molecular flexibility index (Phi) is 3.47. The van der Waals surface area contributed by atoms with Crippen molar-refractivity contribution in [2.45, 2.75) is 32.5 Å². The van der Waals surface area contributed by atoms with Crippen molar-refractivity contribution < 1.29 is 9.90 Å². The van der Waals surface area contributed by atoms with Gasteiger partial charge in [-0.05, 0) is 24.5 Å². The highest BCUT2D eigenvalue weighted by atomic mass is 16.4. The maximum Gasteiger partial charge on any atom is 0.321 e. The quantitative estimate of drug-likeness (QED) is 0.916. The van der Waals surface area contributed by atoms with E-state index >= 15 is 0 Å². The number of rotatable bonds is 3. The van der Waals surface area contributed by atoms with Crippen molar-refractivity contribution in [3.05, 3.63) is 47.0 Å². The van der Waals surface area contributed by atoms with Crippen molar-refractivity contribution in [2.24, 2.45) is 7.05 Å². The SMILES string of the molecule is Cc1nnc(CN2Cc3ccccc3CC2C(=O)O)n1C. The van der Waals surface area contributed by atoms with Crippen molar-refractivity contribution >= 4 is 5.97 Å². The summed E-state index contributed by atoms with van der Waals surface area (Å²) < 4.78 is 1.90. The molecule has 6 nitrogen and oxygen atoms in total. The Morgan fingerprint density at radius 3 is 2.67 bits per heavy atom. The minimum absolute atomic E-state index is 0.489. The normalized spacial score (nSPS) is 18.5. The number of nitrogens with zero attached hydrogens (tertiary/aromatic N) is 4. The minimum Gasteiger partial charge on any atom is -0.480 e. The summed E-state index contributed by atoms with van der Waals surface area (Å²) in [6.45, 7) is 3.00. The zero-order chi connectivity index (χ0) is 15.0. The largest absolute Gasteiger partial charge is 0.480 e. The molecule has 0 spiro atoms. The highest BCUT2D eigenvalue weighted by Crippen LogP contribution is 2.24. The van der Waals surface area contributed by atoms with Crippen LogP contribution >= 0.6 is 0 Å². The highest BCUT2D eigenvalue weighted by Gasteiger charge is 2.32. The van der Waals surface area contributed by atoms with Crippen molar-refractivity contribution in [1.82, 2.24) is 19.7 Å². The highest BCUT2D eigenvalue weighted by molar-refractivity contribution is 5.74. The second-order valence-corrected chi connectivity index (χ2v) is 5.45. The summed E-state index contributed by atoms with van der Waals surface area (Å²) in [5.41, 5.74) is 2.31. The van der Waals surface area contributed by atoms with Crippen LogP contribution in [0.25, 0.3) is 0 Å². The summed E-state index contributed by atoms with van der Waals surface area (Å²) in [5, 5.41) is 17.7. The summed E-state index contributed by atoms with van der Waals surface area (Å²) in [6, 6.07) is 7.50. The van der Waals surface area contributed by atoms with Crippen LogP contribution in [0, 0.1) is 6.92 Å². The third-order valence-corrected chi connectivity index (χ3v) is 4.16. The number of aryl methyl sites for hydroxylation is 1. The molecule has 0 fully saturated rings. The second-order valence-electron chi connectivity index (χ2n) is 5.45. The van der Waals surface area contributed by atoms with Gasteiger partial charge in [0.2, 0.25) is 0 Å². The number of benzene rings is 1. The van der Waals surface area contributed by atoms with Gasteiger partial charge in [-0.15, -0.1) is 10.2 Å². The van der Waals surface area contributed by atoms with Crippen LogP contribution < -0.4 is 0 Å². The summed E-state index contributed by atoms with van der Waals surface area (Å²) in [5.74, 6) is 0.829. The molecule has 0 saturated carbocycles. The van der Waals surface area contributed by atoms with Gasteiger partial charge in [0.25, 0.3) is 0 Å². The maximum atomic E-state index is 11.6. The molecule has 21 heavy (non-hydrogen) atoms. The van der Waals surface area contributed by atoms with Gasteiger partial charge < -0.3 is 9.67 Å². The number of carboxylic acids is 1. The molecule has 0 aliphatic carbocycles. The van der Waals surface area contributed by atoms with Gasteiger partial charge in [0, 0.05) is 13.6 Å². The molecular weight excluding hydrogens is 268 g/mol. The van der Waals surface area contributed by atoms with Gasteiger partial charge in [-0.2, -0.15) is 0 Å². The average Bonchev–Trinajstić information content (AvgIpc) is 2.78. The monoisotopic (exact) mass is 286 g/mol. The molecule has 6 heteroatoms. The van der Waals surface area contributed by atoms with Crippen molar-refractivity contribution in [3.63, 3.8) is 0 Å². The van der Waals surface area contributed by atoms with E-state index in [2.05, 4.69) is 16.3 Å². The van der Waals surface area contributed by atoms with E-state index in [1.165, 1.54) is 5.56 Å². The zero-order valence-electron chi connectivity index (χ0n) is 12.2. The van der Waals surface area contributed by atoms with Gasteiger partial charge in [0.1, 0.15) is 17.7 Å². The zero-order valence-corrected chi connectivity index (χ0v) is 12.2. The third-order valence-electron chi connectivity index (χ3n) is 4.16. The molecule has 1 aliphatic heterocycles. The Morgan fingerprint density at radius 2 is 2.05 bits per heavy atom. The van der Waals surface area contributed by atoms with Crippen LogP contribution in [-0.4, -0.2) is 36.8 Å². The predicted molar refractivity (Wildman–Crippen MR) is 76.6 cm³/mol. The predicted octanol–water partition coefficient (Wildman–Crippen LogP) is 1.14. The summed E-state index contributed by atoms with van der Waals surface area (Å²) >= 11 is 0. The van der Waals surface area contributed by atoms with Crippen molar-refractivity contribution in [1.29, 1.82) is 0 Å². The van der Waals surface area contributed by atoms with Crippen LogP contribution in [0.5, 0.6) is 0 Å². The number of carbonyl (C=O) groups is 1. The lowest BCUT2D eigenvalue weighted by molar-refractivity contribution is -0.144. The molecule has 1 N–H and O–H groups in total. The lowest BCUT2D eigenvalue weighted by Gasteiger charge is -2.33. The van der Waals surface area contributed by atoms with E-state index in [9.17, 15) is 9.90 Å². The van der Waals surface area contributed by atoms with E-state index < -0.39 is 12.0 Å². The Bertz CT molecular complexity index is 680. The van der Waals surface area contributed by atoms with Gasteiger partial charge in [0.15, 0.2) is 0 Å². The fourth-order valence-electron chi connectivity index (χ4n) is 2.76. The van der Waals surface area contributed by atoms with E-state index in [1.54, 1.807) is 0 Å². The number of aliphatic carboxylic acids is 1. The van der Waals surface area contributed by atoms with Crippen molar-refractivity contribution in [3.8, 4) is 0 Å². The summed E-state index contributed by atoms with van der Waals surface area (Å²) in [7, 11) is 1.90. The van der Waals surface area contributed by atoms with E-state index in [-0.39, 0.29) is 0 Å². The second kappa shape index (κ2) is 5.29. The molecular formula is C15H18N4O2. The molecule has 2 aromatic rings. The fourth-order valence-corrected chi connectivity index (χ4v) is 2.76. The molecule has 1 atom stereocenters. The van der Waals surface area contributed by atoms with Gasteiger partial charge in [-0.1, -0.05) is 24.3 Å². The molecule has 1 unspecified atom stereocenters. The van der Waals surface area contributed by atoms with Crippen molar-refractivity contribution in [2.75, 3.05) is 0 Å². The van der Waals surface area contributed by atoms with Crippen LogP contribution in [-0.2, 0) is 31.4 Å². The van der Waals surface area contributed by atoms with E-state index in [0.717, 1.165) is 17.2 Å². The van der Waals surface area contributed by atoms with E-state index in [0.29, 0.717) is 19.5 Å². The van der Waals surface area contributed by atoms with E-state index in [1.807, 2.05) is 41.6 Å². The molecule has 1 aliphatic rings. The topological polar surface area (TPSA) is 71.2 Å². The minimum atomic E-state index is -0.789. The Labute approximate surface area is 123 Å². The standard InChI is InChI=1S/C15H18N4O2/c1-10-16-17-14(18(10)2)9-19-8-12-6-4-3-5-11(12)7-13(19)15(20)21/h3-6,13H,7-9H2,1-2H3,(H,20,21). The van der Waals surface area contributed by atoms with Gasteiger partial charge in [0.05, 0.1) is 6.54 Å². The van der Waals surface area contributed by atoms with Crippen LogP contribution in [0.3, 0.4) is 0 Å². The smallest absolute Gasteiger partial charge is 0.321 e. The van der Waals surface area contributed by atoms with Gasteiger partial charge >= 0.3 is 5.97 Å². The first kappa shape index (κ1) is 13.8. The maximum absolute atomic E-state index is 11.6. The first-order chi connectivity index (χ1) is 10.1. The number of carboxylic acid groups (broad SMARTS) is 1. The number of aromatic nitrogens is 3. The number of hydrogen-bond acceptors (Lipinski definition) is 4. The van der Waals surface area contributed by atoms with Gasteiger partial charge in [-0.3, -0.25) is 9.69 Å². The lowest BCUT2D eigenvalue weighted by atomic mass is 9.94. The van der Waals surface area contributed by atoms with Crippen LogP contribution in [0.15, 0.2) is 24.3 Å². The summed E-state index contributed by atoms with van der Waals surface area (Å²) in [6.07, 6.45) is 0.530. The molecule has 0 saturated heterocycles. The third kappa shape index (κ3) is 2.54. The number of hydrogen-bond donors (Lipinski definition) is 1. The molecule has 0 bridgehead atoms. The molecule has 1 aromatic heterocycles. The Morgan fingerprint density at radius 1 is 1.33 bits per heavy atom. The van der Waals surface area contributed by atoms with Crippen LogP contribution in [0.2, 0.25) is 0 Å². The van der Waals surface area contributed by atoms with Crippen LogP contribution in [0.1, 0.15) is 22.8 Å². The van der Waals surface area contributed by atoms with E-state index in [4.69, 9.17) is 0 Å².